The molecule has 5 heterocycles. The number of carbonyl (C=O) groups is 4. The number of rotatable bonds is 10. The summed E-state index contributed by atoms with van der Waals surface area (Å²) in [4.78, 5) is 78.8. The third kappa shape index (κ3) is 7.13. The number of urea groups is 1. The molecule has 0 saturated carbocycles. The molecule has 4 amide bonds. The van der Waals surface area contributed by atoms with Crippen molar-refractivity contribution in [2.24, 2.45) is 5.92 Å². The fourth-order valence-corrected chi connectivity index (χ4v) is 10.7. The first kappa shape index (κ1) is 42.5. The van der Waals surface area contributed by atoms with Crippen molar-refractivity contribution in [3.8, 4) is 5.75 Å². The normalized spacial score (nSPS) is 24.1. The first-order chi connectivity index (χ1) is 32.3. The van der Waals surface area contributed by atoms with E-state index in [1.54, 1.807) is 59.8 Å². The predicted octanol–water partition coefficient (Wildman–Crippen LogP) is 6.33. The van der Waals surface area contributed by atoms with Crippen LogP contribution in [0.5, 0.6) is 5.75 Å². The van der Waals surface area contributed by atoms with Gasteiger partial charge in [-0.1, -0.05) is 127 Å². The van der Waals surface area contributed by atoms with Crippen LogP contribution in [0.3, 0.4) is 0 Å². The van der Waals surface area contributed by atoms with Gasteiger partial charge in [-0.25, -0.2) is 19.7 Å². The number of piperazine rings is 1. The molecule has 14 heteroatoms. The number of benzene rings is 5. The number of carbonyl (C=O) groups excluding carboxylic acids is 4. The monoisotopic (exact) mass is 883 g/mol. The van der Waals surface area contributed by atoms with E-state index in [2.05, 4.69) is 15.3 Å². The number of cyclic esters (lactones) is 1. The van der Waals surface area contributed by atoms with Crippen LogP contribution in [0.15, 0.2) is 158 Å². The van der Waals surface area contributed by atoms with Gasteiger partial charge in [-0.3, -0.25) is 19.3 Å². The summed E-state index contributed by atoms with van der Waals surface area (Å²) in [5.41, 5.74) is 1.63. The molecular formula is C52H49N7O7. The highest BCUT2D eigenvalue weighted by molar-refractivity contribution is 6.24. The van der Waals surface area contributed by atoms with Crippen LogP contribution in [-0.2, 0) is 24.5 Å². The Balaban J connectivity index is 1.21. The standard InChI is InChI=1S/C52H49N7O7/c1-34(35-16-5-2-6-17-35)55-51(64)58-40-24-13-12-23-39(40)52(49(58)63)42(47(61)56-28-30-57(31-29-56)50-53-26-15-27-54-50)44-48(62)66-45(37-20-9-4-10-21-37)43(36-18-7-3-8-19-36)59(44)46(52)38-22-11-14-25-41(38)65-33-32-60/h2-27,34,42-46,60H,28-33H2,1H3,(H,55,64)/t34-,42+,43+,44+,45-,46-,52+/m1/s1. The van der Waals surface area contributed by atoms with Gasteiger partial charge < -0.3 is 29.7 Å². The molecule has 4 aliphatic rings. The van der Waals surface area contributed by atoms with Crippen molar-refractivity contribution in [1.82, 2.24) is 25.1 Å². The summed E-state index contributed by atoms with van der Waals surface area (Å²) < 4.78 is 12.9. The Hall–Kier alpha value is -7.42. The Kier molecular flexibility index (Phi) is 11.5. The molecule has 0 unspecified atom stereocenters. The molecule has 3 fully saturated rings. The molecule has 2 N–H and O–H groups in total. The van der Waals surface area contributed by atoms with Gasteiger partial charge in [0.1, 0.15) is 29.9 Å². The quantitative estimate of drug-likeness (QED) is 0.148. The van der Waals surface area contributed by atoms with Gasteiger partial charge in [0.15, 0.2) is 0 Å². The third-order valence-corrected chi connectivity index (χ3v) is 13.5. The number of para-hydroxylation sites is 2. The second kappa shape index (κ2) is 17.9. The summed E-state index contributed by atoms with van der Waals surface area (Å²) in [6, 6.07) is 40.2. The lowest BCUT2D eigenvalue weighted by molar-refractivity contribution is -0.179. The minimum absolute atomic E-state index is 0.0643. The number of hydrogen-bond donors (Lipinski definition) is 2. The Morgan fingerprint density at radius 2 is 1.39 bits per heavy atom. The summed E-state index contributed by atoms with van der Waals surface area (Å²) in [6.07, 6.45) is 2.46. The first-order valence-electron chi connectivity index (χ1n) is 22.3. The number of aliphatic hydroxyl groups excluding tert-OH is 1. The minimum atomic E-state index is -1.93. The smallest absolute Gasteiger partial charge is 0.329 e. The van der Waals surface area contributed by atoms with Gasteiger partial charge >= 0.3 is 12.0 Å². The van der Waals surface area contributed by atoms with E-state index >= 15 is 14.4 Å². The summed E-state index contributed by atoms with van der Waals surface area (Å²) in [5.74, 6) is -2.29. The van der Waals surface area contributed by atoms with Gasteiger partial charge in [0.25, 0.3) is 0 Å². The summed E-state index contributed by atoms with van der Waals surface area (Å²) in [7, 11) is 0. The highest BCUT2D eigenvalue weighted by atomic mass is 16.6. The molecule has 5 aromatic carbocycles. The number of nitrogens with zero attached hydrogens (tertiary/aromatic N) is 6. The molecule has 1 spiro atoms. The average molecular weight is 884 g/mol. The second-order valence-electron chi connectivity index (χ2n) is 17.0. The lowest BCUT2D eigenvalue weighted by Crippen LogP contribution is -2.59. The number of nitrogens with one attached hydrogen (secondary N) is 1. The van der Waals surface area contributed by atoms with Crippen LogP contribution in [0.1, 0.15) is 59.0 Å². The van der Waals surface area contributed by atoms with Crippen molar-refractivity contribution in [3.05, 3.63) is 186 Å². The van der Waals surface area contributed by atoms with E-state index in [4.69, 9.17) is 9.47 Å². The Bertz CT molecular complexity index is 2720. The zero-order valence-corrected chi connectivity index (χ0v) is 36.3. The number of imide groups is 1. The van der Waals surface area contributed by atoms with E-state index in [-0.39, 0.29) is 26.3 Å². The highest BCUT2D eigenvalue weighted by Gasteiger charge is 2.76. The fourth-order valence-electron chi connectivity index (χ4n) is 10.7. The zero-order valence-electron chi connectivity index (χ0n) is 36.3. The van der Waals surface area contributed by atoms with Crippen LogP contribution in [-0.4, -0.2) is 94.1 Å². The molecule has 7 atom stereocenters. The van der Waals surface area contributed by atoms with Crippen molar-refractivity contribution in [3.63, 3.8) is 0 Å². The van der Waals surface area contributed by atoms with Gasteiger partial charge in [0, 0.05) is 44.1 Å². The van der Waals surface area contributed by atoms with Gasteiger partial charge in [-0.05, 0) is 47.4 Å². The average Bonchev–Trinajstić information content (AvgIpc) is 3.83. The van der Waals surface area contributed by atoms with Crippen molar-refractivity contribution in [2.45, 2.75) is 42.6 Å². The van der Waals surface area contributed by atoms with Gasteiger partial charge in [0.05, 0.1) is 36.3 Å². The molecule has 4 aliphatic heterocycles. The van der Waals surface area contributed by atoms with E-state index in [0.29, 0.717) is 41.6 Å². The molecule has 0 aliphatic carbocycles. The lowest BCUT2D eigenvalue weighted by Gasteiger charge is -2.46. The van der Waals surface area contributed by atoms with E-state index in [0.717, 1.165) is 21.6 Å². The maximum atomic E-state index is 16.5. The largest absolute Gasteiger partial charge is 0.491 e. The second-order valence-corrected chi connectivity index (χ2v) is 17.0. The zero-order chi connectivity index (χ0) is 45.4. The molecule has 334 valence electrons. The Morgan fingerprint density at radius 1 is 0.773 bits per heavy atom. The molecule has 0 bridgehead atoms. The third-order valence-electron chi connectivity index (χ3n) is 13.5. The minimum Gasteiger partial charge on any atom is -0.491 e. The highest BCUT2D eigenvalue weighted by Crippen LogP contribution is 2.66. The molecule has 14 nitrogen and oxygen atoms in total. The number of morpholine rings is 1. The number of ether oxygens (including phenoxy) is 2. The van der Waals surface area contributed by atoms with E-state index in [1.165, 1.54) is 0 Å². The Labute approximate surface area is 382 Å². The molecule has 1 aromatic heterocycles. The van der Waals surface area contributed by atoms with Gasteiger partial charge in [-0.2, -0.15) is 0 Å². The maximum absolute atomic E-state index is 16.5. The van der Waals surface area contributed by atoms with Crippen LogP contribution in [0.25, 0.3) is 0 Å². The van der Waals surface area contributed by atoms with E-state index in [1.807, 2.05) is 120 Å². The van der Waals surface area contributed by atoms with Crippen molar-refractivity contribution < 1.29 is 33.8 Å². The van der Waals surface area contributed by atoms with Crippen molar-refractivity contribution >= 4 is 35.5 Å². The summed E-state index contributed by atoms with van der Waals surface area (Å²) >= 11 is 0. The number of esters is 1. The summed E-state index contributed by atoms with van der Waals surface area (Å²) in [5, 5.41) is 13.1. The van der Waals surface area contributed by atoms with Gasteiger partial charge in [-0.15, -0.1) is 0 Å². The topological polar surface area (TPSA) is 158 Å². The van der Waals surface area contributed by atoms with Crippen LogP contribution < -0.4 is 19.9 Å². The fraction of sp³-hybridized carbons (Fsp3) is 0.269. The molecule has 3 saturated heterocycles. The summed E-state index contributed by atoms with van der Waals surface area (Å²) in [6.45, 7) is 2.78. The molecule has 10 rings (SSSR count). The van der Waals surface area contributed by atoms with Gasteiger partial charge in [0.2, 0.25) is 17.8 Å². The number of aromatic nitrogens is 2. The van der Waals surface area contributed by atoms with Crippen LogP contribution in [0.4, 0.5) is 16.4 Å². The molecule has 0 radical (unpaired) electrons. The van der Waals surface area contributed by atoms with Crippen LogP contribution in [0.2, 0.25) is 0 Å². The van der Waals surface area contributed by atoms with Crippen molar-refractivity contribution in [1.29, 1.82) is 0 Å². The van der Waals surface area contributed by atoms with Crippen molar-refractivity contribution in [2.75, 3.05) is 49.2 Å². The number of anilines is 2. The maximum Gasteiger partial charge on any atom is 0.329 e. The molecule has 6 aromatic rings. The number of hydrogen-bond acceptors (Lipinski definition) is 11. The van der Waals surface area contributed by atoms with E-state index < -0.39 is 65.4 Å². The number of fused-ring (bicyclic) bond motifs is 3. The number of amides is 4. The SMILES string of the molecule is C[C@@H](NC(=O)N1C(=O)[C@@]2(c3ccccc31)[C@H](C(=O)N1CCN(c3ncccn3)CC1)[C@H]1C(=O)O[C@H](c3ccccc3)[C@H](c3ccccc3)N1[C@@H]2c1ccccc1OCCO)c1ccccc1. The predicted molar refractivity (Wildman–Crippen MR) is 245 cm³/mol. The van der Waals surface area contributed by atoms with Crippen LogP contribution >= 0.6 is 0 Å². The lowest BCUT2D eigenvalue weighted by atomic mass is 9.65. The molecular weight excluding hydrogens is 835 g/mol. The first-order valence-corrected chi connectivity index (χ1v) is 22.3. The Morgan fingerprint density at radius 3 is 2.09 bits per heavy atom. The van der Waals surface area contributed by atoms with Crippen LogP contribution in [0, 0.1) is 5.92 Å². The molecule has 66 heavy (non-hydrogen) atoms. The van der Waals surface area contributed by atoms with E-state index in [9.17, 15) is 9.90 Å². The number of aliphatic hydroxyl groups is 1.